The zero-order chi connectivity index (χ0) is 13.8. The highest BCUT2D eigenvalue weighted by atomic mass is 35.5. The van der Waals surface area contributed by atoms with Crippen molar-refractivity contribution in [3.63, 3.8) is 0 Å². The van der Waals surface area contributed by atoms with E-state index in [0.29, 0.717) is 11.1 Å². The van der Waals surface area contributed by atoms with E-state index in [2.05, 4.69) is 12.0 Å². The molecule has 19 heavy (non-hydrogen) atoms. The first kappa shape index (κ1) is 14.0. The highest BCUT2D eigenvalue weighted by Crippen LogP contribution is 2.25. The number of benzene rings is 1. The summed E-state index contributed by atoms with van der Waals surface area (Å²) in [6, 6.07) is 4.60. The monoisotopic (exact) mass is 282 g/mol. The summed E-state index contributed by atoms with van der Waals surface area (Å²) in [7, 11) is 0. The van der Waals surface area contributed by atoms with Crippen molar-refractivity contribution in [2.45, 2.75) is 32.4 Å². The molecule has 0 fully saturated rings. The molecule has 1 aromatic heterocycles. The van der Waals surface area contributed by atoms with Gasteiger partial charge in [0.1, 0.15) is 5.82 Å². The van der Waals surface area contributed by atoms with Crippen molar-refractivity contribution in [2.75, 3.05) is 0 Å². The normalized spacial score (nSPS) is 12.6. The summed E-state index contributed by atoms with van der Waals surface area (Å²) in [5.74, 6) is -0.465. The number of aromatic nitrogens is 2. The molecule has 102 valence electrons. The van der Waals surface area contributed by atoms with Crippen LogP contribution in [0.4, 0.5) is 4.39 Å². The van der Waals surface area contributed by atoms with Gasteiger partial charge in [0.15, 0.2) is 0 Å². The van der Waals surface area contributed by atoms with Gasteiger partial charge in [-0.3, -0.25) is 4.68 Å². The maximum absolute atomic E-state index is 13.3. The molecule has 3 nitrogen and oxygen atoms in total. The molecule has 1 N–H and O–H groups in total. The van der Waals surface area contributed by atoms with Crippen LogP contribution in [0.1, 0.15) is 30.6 Å². The molecule has 0 amide bonds. The molecule has 1 aromatic carbocycles. The molecule has 0 saturated carbocycles. The van der Waals surface area contributed by atoms with Crippen LogP contribution in [0, 0.1) is 5.82 Å². The number of aliphatic hydroxyl groups excluding tert-OH is 1. The van der Waals surface area contributed by atoms with E-state index in [4.69, 9.17) is 11.6 Å². The second-order valence-electron chi connectivity index (χ2n) is 4.47. The van der Waals surface area contributed by atoms with E-state index in [1.54, 1.807) is 29.2 Å². The lowest BCUT2D eigenvalue weighted by atomic mass is 10.0. The van der Waals surface area contributed by atoms with Crippen molar-refractivity contribution >= 4 is 11.6 Å². The number of nitrogens with zero attached hydrogens (tertiary/aromatic N) is 2. The Morgan fingerprint density at radius 2 is 2.26 bits per heavy atom. The van der Waals surface area contributed by atoms with Crippen molar-refractivity contribution in [3.05, 3.63) is 52.6 Å². The Morgan fingerprint density at radius 3 is 3.00 bits per heavy atom. The maximum atomic E-state index is 13.3. The van der Waals surface area contributed by atoms with Gasteiger partial charge in [0.25, 0.3) is 0 Å². The fraction of sp³-hybridized carbons (Fsp3) is 0.357. The molecule has 2 aromatic rings. The summed E-state index contributed by atoms with van der Waals surface area (Å²) in [5.41, 5.74) is 1.31. The molecule has 0 radical (unpaired) electrons. The molecule has 2 rings (SSSR count). The number of hydrogen-bond donors (Lipinski definition) is 1. The summed E-state index contributed by atoms with van der Waals surface area (Å²) in [5, 5.41) is 14.4. The molecule has 0 spiro atoms. The zero-order valence-electron chi connectivity index (χ0n) is 10.7. The van der Waals surface area contributed by atoms with Crippen molar-refractivity contribution < 1.29 is 9.50 Å². The van der Waals surface area contributed by atoms with Crippen molar-refractivity contribution in [3.8, 4) is 0 Å². The maximum Gasteiger partial charge on any atom is 0.142 e. The largest absolute Gasteiger partial charge is 0.388 e. The molecule has 0 bridgehead atoms. The highest BCUT2D eigenvalue weighted by Gasteiger charge is 2.14. The van der Waals surface area contributed by atoms with Gasteiger partial charge in [-0.2, -0.15) is 5.10 Å². The van der Waals surface area contributed by atoms with Crippen molar-refractivity contribution in [1.29, 1.82) is 0 Å². The first-order valence-electron chi connectivity index (χ1n) is 6.25. The van der Waals surface area contributed by atoms with Crippen LogP contribution in [0.2, 0.25) is 5.02 Å². The van der Waals surface area contributed by atoms with Crippen molar-refractivity contribution in [1.82, 2.24) is 9.78 Å². The van der Waals surface area contributed by atoms with Crippen LogP contribution in [0.3, 0.4) is 0 Å². The third-order valence-electron chi connectivity index (χ3n) is 2.94. The SMILES string of the molecule is CCCn1cc(C(O)Cc2cccc(F)c2Cl)cn1. The van der Waals surface area contributed by atoms with Gasteiger partial charge in [-0.1, -0.05) is 30.7 Å². The number of aryl methyl sites for hydroxylation is 1. The van der Waals surface area contributed by atoms with E-state index in [0.717, 1.165) is 13.0 Å². The number of rotatable bonds is 5. The van der Waals surface area contributed by atoms with Crippen LogP contribution < -0.4 is 0 Å². The van der Waals surface area contributed by atoms with Gasteiger partial charge in [0.05, 0.1) is 17.3 Å². The predicted molar refractivity (Wildman–Crippen MR) is 72.6 cm³/mol. The zero-order valence-corrected chi connectivity index (χ0v) is 11.4. The lowest BCUT2D eigenvalue weighted by molar-refractivity contribution is 0.178. The molecular formula is C14H16ClFN2O. The van der Waals surface area contributed by atoms with Gasteiger partial charge in [-0.05, 0) is 18.1 Å². The van der Waals surface area contributed by atoms with Crippen LogP contribution in [-0.4, -0.2) is 14.9 Å². The third kappa shape index (κ3) is 3.33. The molecule has 1 atom stereocenters. The van der Waals surface area contributed by atoms with Gasteiger partial charge in [0, 0.05) is 24.7 Å². The molecule has 0 aliphatic carbocycles. The second-order valence-corrected chi connectivity index (χ2v) is 4.85. The fourth-order valence-electron chi connectivity index (χ4n) is 1.94. The fourth-order valence-corrected chi connectivity index (χ4v) is 2.14. The average Bonchev–Trinajstić information content (AvgIpc) is 2.84. The third-order valence-corrected chi connectivity index (χ3v) is 3.36. The lowest BCUT2D eigenvalue weighted by Gasteiger charge is -2.10. The topological polar surface area (TPSA) is 38.0 Å². The molecule has 0 aliphatic heterocycles. The molecule has 1 unspecified atom stereocenters. The predicted octanol–water partition coefficient (Wildman–Crippen LogP) is 3.36. The average molecular weight is 283 g/mol. The number of aliphatic hydroxyl groups is 1. The van der Waals surface area contributed by atoms with Gasteiger partial charge in [-0.25, -0.2) is 4.39 Å². The molecule has 0 saturated heterocycles. The van der Waals surface area contributed by atoms with Crippen LogP contribution in [0.5, 0.6) is 0 Å². The molecular weight excluding hydrogens is 267 g/mol. The minimum atomic E-state index is -0.732. The van der Waals surface area contributed by atoms with E-state index >= 15 is 0 Å². The number of halogens is 2. The second kappa shape index (κ2) is 6.17. The summed E-state index contributed by atoms with van der Waals surface area (Å²) in [4.78, 5) is 0. The minimum Gasteiger partial charge on any atom is -0.388 e. The Hall–Kier alpha value is -1.39. The molecule has 0 aliphatic rings. The first-order valence-corrected chi connectivity index (χ1v) is 6.63. The number of hydrogen-bond acceptors (Lipinski definition) is 2. The van der Waals surface area contributed by atoms with E-state index < -0.39 is 11.9 Å². The quantitative estimate of drug-likeness (QED) is 0.913. The van der Waals surface area contributed by atoms with Gasteiger partial charge in [0.2, 0.25) is 0 Å². The lowest BCUT2D eigenvalue weighted by Crippen LogP contribution is -2.02. The summed E-state index contributed by atoms with van der Waals surface area (Å²) < 4.78 is 15.1. The smallest absolute Gasteiger partial charge is 0.142 e. The first-order chi connectivity index (χ1) is 9.11. The summed E-state index contributed by atoms with van der Waals surface area (Å²) >= 11 is 5.87. The van der Waals surface area contributed by atoms with Gasteiger partial charge < -0.3 is 5.11 Å². The summed E-state index contributed by atoms with van der Waals surface area (Å²) in [6.45, 7) is 2.87. The highest BCUT2D eigenvalue weighted by molar-refractivity contribution is 6.31. The van der Waals surface area contributed by atoms with Crippen LogP contribution in [0.15, 0.2) is 30.6 Å². The van der Waals surface area contributed by atoms with E-state index in [-0.39, 0.29) is 11.4 Å². The standard InChI is InChI=1S/C14H16ClFN2O/c1-2-6-18-9-11(8-17-18)13(19)7-10-4-3-5-12(16)14(10)15/h3-5,8-9,13,19H,2,6-7H2,1H3. The van der Waals surface area contributed by atoms with Gasteiger partial charge in [-0.15, -0.1) is 0 Å². The Labute approximate surface area is 116 Å². The van der Waals surface area contributed by atoms with E-state index in [1.807, 2.05) is 0 Å². The Balaban J connectivity index is 2.11. The summed E-state index contributed by atoms with van der Waals surface area (Å²) in [6.07, 6.45) is 3.96. The Kier molecular flexibility index (Phi) is 4.56. The van der Waals surface area contributed by atoms with E-state index in [9.17, 15) is 9.50 Å². The molecule has 1 heterocycles. The van der Waals surface area contributed by atoms with Crippen LogP contribution in [-0.2, 0) is 13.0 Å². The van der Waals surface area contributed by atoms with Crippen LogP contribution >= 0.6 is 11.6 Å². The minimum absolute atomic E-state index is 0.0718. The van der Waals surface area contributed by atoms with Crippen molar-refractivity contribution in [2.24, 2.45) is 0 Å². The van der Waals surface area contributed by atoms with E-state index in [1.165, 1.54) is 6.07 Å². The van der Waals surface area contributed by atoms with Gasteiger partial charge >= 0.3 is 0 Å². The Morgan fingerprint density at radius 1 is 1.47 bits per heavy atom. The molecule has 5 heteroatoms. The van der Waals surface area contributed by atoms with Crippen LogP contribution in [0.25, 0.3) is 0 Å². The Bertz CT molecular complexity index is 556.